The van der Waals surface area contributed by atoms with Crippen molar-refractivity contribution >= 4 is 23.4 Å². The number of Topliss-reactive ketones (excluding diaryl/α,β-unsaturated/α-hetero) is 1. The Kier molecular flexibility index (Phi) is 7.05. The summed E-state index contributed by atoms with van der Waals surface area (Å²) in [5, 5.41) is 20.9. The third-order valence-corrected chi connectivity index (χ3v) is 5.93. The number of methoxy groups -OCH3 is 1. The van der Waals surface area contributed by atoms with Gasteiger partial charge in [0.25, 0.3) is 11.7 Å². The first-order chi connectivity index (χ1) is 17.3. The Labute approximate surface area is 208 Å². The maximum atomic E-state index is 13.2. The summed E-state index contributed by atoms with van der Waals surface area (Å²) in [7, 11) is 1.52. The van der Waals surface area contributed by atoms with Gasteiger partial charge in [0.2, 0.25) is 0 Å². The van der Waals surface area contributed by atoms with Crippen LogP contribution in [-0.4, -0.2) is 46.5 Å². The van der Waals surface area contributed by atoms with Crippen molar-refractivity contribution in [1.82, 2.24) is 4.90 Å². The van der Waals surface area contributed by atoms with Crippen LogP contribution >= 0.6 is 0 Å². The number of carbonyl (C=O) groups excluding carboxylic acids is 3. The number of ether oxygens (including phenoxy) is 2. The molecule has 184 valence electrons. The lowest BCUT2D eigenvalue weighted by molar-refractivity contribution is -0.140. The monoisotopic (exact) mass is 487 g/mol. The molecule has 1 aliphatic rings. The molecule has 0 spiro atoms. The number of phenolic OH excluding ortho intramolecular Hbond substituents is 1. The molecule has 0 saturated carbocycles. The van der Waals surface area contributed by atoms with E-state index < -0.39 is 23.7 Å². The zero-order valence-corrected chi connectivity index (χ0v) is 19.8. The van der Waals surface area contributed by atoms with E-state index >= 15 is 0 Å². The fourth-order valence-electron chi connectivity index (χ4n) is 4.11. The van der Waals surface area contributed by atoms with Crippen molar-refractivity contribution in [3.63, 3.8) is 0 Å². The Bertz CT molecular complexity index is 1310. The summed E-state index contributed by atoms with van der Waals surface area (Å²) in [6.07, 6.45) is 0. The molecular weight excluding hydrogens is 462 g/mol. The van der Waals surface area contributed by atoms with Crippen LogP contribution in [0.5, 0.6) is 11.5 Å². The molecule has 8 heteroatoms. The minimum absolute atomic E-state index is 0.0282. The summed E-state index contributed by atoms with van der Waals surface area (Å²) < 4.78 is 10.2. The second kappa shape index (κ2) is 10.4. The number of phenols is 1. The SMILES string of the molecule is CCOC(=O)c1ccc(CN2C(=O)C(=O)/C(=C(/O)c3ccc(OC)cc3)C2c2ccc(O)cc2)cc1. The Balaban J connectivity index is 1.75. The Morgan fingerprint density at radius 2 is 1.53 bits per heavy atom. The van der Waals surface area contributed by atoms with Crippen molar-refractivity contribution in [3.05, 3.63) is 101 Å². The van der Waals surface area contributed by atoms with E-state index in [1.807, 2.05) is 0 Å². The van der Waals surface area contributed by atoms with Gasteiger partial charge >= 0.3 is 5.97 Å². The molecule has 1 unspecified atom stereocenters. The summed E-state index contributed by atoms with van der Waals surface area (Å²) in [6.45, 7) is 2.03. The molecule has 1 heterocycles. The van der Waals surface area contributed by atoms with Crippen LogP contribution in [0.3, 0.4) is 0 Å². The first-order valence-corrected chi connectivity index (χ1v) is 11.3. The highest BCUT2D eigenvalue weighted by atomic mass is 16.5. The normalized spacial score (nSPS) is 16.7. The number of benzene rings is 3. The van der Waals surface area contributed by atoms with Gasteiger partial charge in [-0.1, -0.05) is 24.3 Å². The number of likely N-dealkylation sites (tertiary alicyclic amines) is 1. The second-order valence-corrected chi connectivity index (χ2v) is 8.16. The van der Waals surface area contributed by atoms with E-state index in [4.69, 9.17) is 9.47 Å². The number of ketones is 1. The fourth-order valence-corrected chi connectivity index (χ4v) is 4.11. The maximum absolute atomic E-state index is 13.2. The number of aliphatic hydroxyl groups is 1. The Hall–Kier alpha value is -4.59. The van der Waals surface area contributed by atoms with Crippen LogP contribution in [0, 0.1) is 0 Å². The third-order valence-electron chi connectivity index (χ3n) is 5.93. The number of hydrogen-bond donors (Lipinski definition) is 2. The van der Waals surface area contributed by atoms with E-state index in [0.29, 0.717) is 28.0 Å². The van der Waals surface area contributed by atoms with Gasteiger partial charge < -0.3 is 24.6 Å². The van der Waals surface area contributed by atoms with Gasteiger partial charge in [-0.25, -0.2) is 4.79 Å². The molecule has 1 saturated heterocycles. The lowest BCUT2D eigenvalue weighted by atomic mass is 9.95. The maximum Gasteiger partial charge on any atom is 0.338 e. The summed E-state index contributed by atoms with van der Waals surface area (Å²) in [5.41, 5.74) is 1.90. The van der Waals surface area contributed by atoms with E-state index in [2.05, 4.69) is 0 Å². The average molecular weight is 488 g/mol. The van der Waals surface area contributed by atoms with E-state index in [1.54, 1.807) is 67.6 Å². The first-order valence-electron chi connectivity index (χ1n) is 11.3. The number of hydrogen-bond acceptors (Lipinski definition) is 7. The predicted molar refractivity (Wildman–Crippen MR) is 131 cm³/mol. The third kappa shape index (κ3) is 4.79. The molecule has 1 atom stereocenters. The lowest BCUT2D eigenvalue weighted by Gasteiger charge is -2.25. The van der Waals surface area contributed by atoms with E-state index in [1.165, 1.54) is 24.1 Å². The highest BCUT2D eigenvalue weighted by Gasteiger charge is 2.46. The van der Waals surface area contributed by atoms with E-state index in [-0.39, 0.29) is 30.2 Å². The number of nitrogens with zero attached hydrogens (tertiary/aromatic N) is 1. The van der Waals surface area contributed by atoms with Crippen LogP contribution in [0.1, 0.15) is 40.0 Å². The van der Waals surface area contributed by atoms with E-state index in [0.717, 1.165) is 0 Å². The number of amides is 1. The van der Waals surface area contributed by atoms with Gasteiger partial charge in [-0.3, -0.25) is 9.59 Å². The molecule has 3 aromatic rings. The van der Waals surface area contributed by atoms with Gasteiger partial charge in [-0.15, -0.1) is 0 Å². The molecule has 0 radical (unpaired) electrons. The zero-order valence-electron chi connectivity index (χ0n) is 19.8. The van der Waals surface area contributed by atoms with Gasteiger partial charge in [0.1, 0.15) is 17.3 Å². The standard InChI is InChI=1S/C28H25NO7/c1-3-36-28(34)20-6-4-17(5-7-20)16-29-24(18-8-12-21(30)13-9-18)23(26(32)27(29)33)25(31)19-10-14-22(35-2)15-11-19/h4-15,24,30-31H,3,16H2,1-2H3/b25-23+. The molecule has 0 bridgehead atoms. The molecule has 4 rings (SSSR count). The number of rotatable bonds is 7. The molecule has 36 heavy (non-hydrogen) atoms. The topological polar surface area (TPSA) is 113 Å². The van der Waals surface area contributed by atoms with Crippen LogP contribution < -0.4 is 4.74 Å². The molecule has 2 N–H and O–H groups in total. The Morgan fingerprint density at radius 3 is 2.11 bits per heavy atom. The zero-order chi connectivity index (χ0) is 25.8. The van der Waals surface area contributed by atoms with Crippen molar-refractivity contribution in [2.24, 2.45) is 0 Å². The largest absolute Gasteiger partial charge is 0.508 e. The van der Waals surface area contributed by atoms with Crippen LogP contribution in [0.15, 0.2) is 78.4 Å². The van der Waals surface area contributed by atoms with Gasteiger partial charge in [0.15, 0.2) is 0 Å². The Morgan fingerprint density at radius 1 is 0.917 bits per heavy atom. The lowest BCUT2D eigenvalue weighted by Crippen LogP contribution is -2.29. The van der Waals surface area contributed by atoms with Crippen LogP contribution in [0.25, 0.3) is 5.76 Å². The number of aromatic hydroxyl groups is 1. The number of aliphatic hydroxyl groups excluding tert-OH is 1. The number of carbonyl (C=O) groups is 3. The molecule has 8 nitrogen and oxygen atoms in total. The number of esters is 1. The van der Waals surface area contributed by atoms with Crippen LogP contribution in [-0.2, 0) is 20.9 Å². The van der Waals surface area contributed by atoms with Crippen molar-refractivity contribution < 1.29 is 34.1 Å². The summed E-state index contributed by atoms with van der Waals surface area (Å²) in [6, 6.07) is 18.3. The average Bonchev–Trinajstić information content (AvgIpc) is 3.14. The summed E-state index contributed by atoms with van der Waals surface area (Å²) in [5.74, 6) is -1.74. The second-order valence-electron chi connectivity index (χ2n) is 8.16. The summed E-state index contributed by atoms with van der Waals surface area (Å²) in [4.78, 5) is 39.6. The molecule has 1 amide bonds. The smallest absolute Gasteiger partial charge is 0.338 e. The van der Waals surface area contributed by atoms with Crippen LogP contribution in [0.2, 0.25) is 0 Å². The molecule has 3 aromatic carbocycles. The molecule has 0 aromatic heterocycles. The molecule has 1 fully saturated rings. The van der Waals surface area contributed by atoms with Crippen molar-refractivity contribution in [3.8, 4) is 11.5 Å². The first kappa shape index (κ1) is 24.5. The molecular formula is C28H25NO7. The van der Waals surface area contributed by atoms with Crippen molar-refractivity contribution in [2.45, 2.75) is 19.5 Å². The minimum atomic E-state index is -0.891. The molecule has 0 aliphatic carbocycles. The highest BCUT2D eigenvalue weighted by Crippen LogP contribution is 2.40. The van der Waals surface area contributed by atoms with Gasteiger partial charge in [-0.05, 0) is 66.6 Å². The summed E-state index contributed by atoms with van der Waals surface area (Å²) >= 11 is 0. The van der Waals surface area contributed by atoms with Gasteiger partial charge in [-0.2, -0.15) is 0 Å². The van der Waals surface area contributed by atoms with Gasteiger partial charge in [0, 0.05) is 12.1 Å². The van der Waals surface area contributed by atoms with Gasteiger partial charge in [0.05, 0.1) is 30.9 Å². The minimum Gasteiger partial charge on any atom is -0.508 e. The van der Waals surface area contributed by atoms with Crippen molar-refractivity contribution in [2.75, 3.05) is 13.7 Å². The fraction of sp³-hybridized carbons (Fsp3) is 0.179. The van der Waals surface area contributed by atoms with Crippen LogP contribution in [0.4, 0.5) is 0 Å². The quantitative estimate of drug-likeness (QED) is 0.222. The molecule has 1 aliphatic heterocycles. The van der Waals surface area contributed by atoms with Crippen molar-refractivity contribution in [1.29, 1.82) is 0 Å². The van der Waals surface area contributed by atoms with E-state index in [9.17, 15) is 24.6 Å². The predicted octanol–water partition coefficient (Wildman–Crippen LogP) is 4.20. The highest BCUT2D eigenvalue weighted by molar-refractivity contribution is 6.46.